The van der Waals surface area contributed by atoms with Crippen molar-refractivity contribution >= 4 is 11.4 Å². The lowest BCUT2D eigenvalue weighted by molar-refractivity contribution is -0.114. The third-order valence-corrected chi connectivity index (χ3v) is 4.29. The fourth-order valence-electron chi connectivity index (χ4n) is 3.12. The molecule has 1 aliphatic rings. The van der Waals surface area contributed by atoms with Crippen molar-refractivity contribution < 1.29 is 14.3 Å². The van der Waals surface area contributed by atoms with Crippen LogP contribution in [-0.4, -0.2) is 20.0 Å². The van der Waals surface area contributed by atoms with Crippen LogP contribution in [0.3, 0.4) is 0 Å². The molecular weight excluding hydrogens is 288 g/mol. The van der Waals surface area contributed by atoms with Crippen molar-refractivity contribution in [2.45, 2.75) is 18.8 Å². The molecule has 3 rings (SSSR count). The average Bonchev–Trinajstić information content (AvgIpc) is 2.61. The molecule has 23 heavy (non-hydrogen) atoms. The predicted octanol–water partition coefficient (Wildman–Crippen LogP) is 4.23. The summed E-state index contributed by atoms with van der Waals surface area (Å²) in [4.78, 5) is 12.0. The van der Waals surface area contributed by atoms with Crippen molar-refractivity contribution in [2.24, 2.45) is 0 Å². The second kappa shape index (κ2) is 6.69. The molecule has 0 fully saturated rings. The van der Waals surface area contributed by atoms with Gasteiger partial charge in [0.1, 0.15) is 11.5 Å². The van der Waals surface area contributed by atoms with Crippen LogP contribution in [0.25, 0.3) is 5.57 Å². The molecule has 0 heterocycles. The number of hydrogen-bond acceptors (Lipinski definition) is 3. The highest BCUT2D eigenvalue weighted by atomic mass is 16.5. The number of methoxy groups -OCH3 is 2. The summed E-state index contributed by atoms with van der Waals surface area (Å²) in [6.07, 6.45) is 3.16. The van der Waals surface area contributed by atoms with E-state index in [0.29, 0.717) is 6.42 Å². The van der Waals surface area contributed by atoms with Gasteiger partial charge in [0.2, 0.25) is 0 Å². The summed E-state index contributed by atoms with van der Waals surface area (Å²) in [5.41, 5.74) is 3.15. The fourth-order valence-corrected chi connectivity index (χ4v) is 3.12. The number of carbonyl (C=O) groups excluding carboxylic acids is 1. The van der Waals surface area contributed by atoms with Crippen LogP contribution >= 0.6 is 0 Å². The zero-order chi connectivity index (χ0) is 16.2. The Morgan fingerprint density at radius 3 is 2.48 bits per heavy atom. The van der Waals surface area contributed by atoms with Gasteiger partial charge in [0.05, 0.1) is 14.2 Å². The zero-order valence-corrected chi connectivity index (χ0v) is 13.4. The predicted molar refractivity (Wildman–Crippen MR) is 90.9 cm³/mol. The third-order valence-electron chi connectivity index (χ3n) is 4.29. The van der Waals surface area contributed by atoms with Gasteiger partial charge in [0.25, 0.3) is 0 Å². The molecule has 1 unspecified atom stereocenters. The van der Waals surface area contributed by atoms with Crippen LogP contribution in [0.1, 0.15) is 29.9 Å². The van der Waals surface area contributed by atoms with Crippen molar-refractivity contribution in [3.05, 3.63) is 65.7 Å². The van der Waals surface area contributed by atoms with Gasteiger partial charge in [-0.15, -0.1) is 0 Å². The summed E-state index contributed by atoms with van der Waals surface area (Å²) < 4.78 is 10.9. The minimum Gasteiger partial charge on any atom is -0.497 e. The Morgan fingerprint density at radius 2 is 1.78 bits per heavy atom. The first-order valence-corrected chi connectivity index (χ1v) is 7.74. The highest BCUT2D eigenvalue weighted by Gasteiger charge is 2.26. The zero-order valence-electron chi connectivity index (χ0n) is 13.4. The first-order valence-electron chi connectivity index (χ1n) is 7.74. The standard InChI is InChI=1S/C20H20O3/c1-22-16-9-11-20(23-2)19(13-16)18-12-15(21)8-10-17(18)14-6-4-3-5-7-14/h3-7,9,11-13,17H,8,10H2,1-2H3. The molecule has 2 aromatic rings. The lowest BCUT2D eigenvalue weighted by atomic mass is 9.79. The Labute approximate surface area is 136 Å². The summed E-state index contributed by atoms with van der Waals surface area (Å²) in [6.45, 7) is 0. The van der Waals surface area contributed by atoms with E-state index in [1.54, 1.807) is 20.3 Å². The van der Waals surface area contributed by atoms with E-state index in [1.807, 2.05) is 36.4 Å². The van der Waals surface area contributed by atoms with E-state index in [9.17, 15) is 4.79 Å². The molecule has 3 nitrogen and oxygen atoms in total. The summed E-state index contributed by atoms with van der Waals surface area (Å²) in [5.74, 6) is 1.87. The number of carbonyl (C=O) groups is 1. The maximum Gasteiger partial charge on any atom is 0.156 e. The number of hydrogen-bond donors (Lipinski definition) is 0. The fraction of sp³-hybridized carbons (Fsp3) is 0.250. The van der Waals surface area contributed by atoms with Gasteiger partial charge in [-0.1, -0.05) is 30.3 Å². The normalized spacial score (nSPS) is 17.6. The lowest BCUT2D eigenvalue weighted by Crippen LogP contribution is -2.13. The first-order chi connectivity index (χ1) is 11.2. The molecule has 0 bridgehead atoms. The van der Waals surface area contributed by atoms with Crippen LogP contribution in [0.2, 0.25) is 0 Å². The number of ether oxygens (including phenoxy) is 2. The molecule has 0 saturated heterocycles. The Bertz CT molecular complexity index is 732. The minimum atomic E-state index is 0.164. The summed E-state index contributed by atoms with van der Waals surface area (Å²) in [6, 6.07) is 16.0. The number of rotatable bonds is 4. The number of benzene rings is 2. The van der Waals surface area contributed by atoms with Crippen molar-refractivity contribution in [1.29, 1.82) is 0 Å². The molecule has 0 aliphatic heterocycles. The molecule has 0 saturated carbocycles. The maximum absolute atomic E-state index is 12.0. The second-order valence-corrected chi connectivity index (χ2v) is 5.63. The van der Waals surface area contributed by atoms with Gasteiger partial charge in [-0.25, -0.2) is 0 Å². The molecule has 0 N–H and O–H groups in total. The highest BCUT2D eigenvalue weighted by molar-refractivity contribution is 6.00. The Kier molecular flexibility index (Phi) is 4.47. The van der Waals surface area contributed by atoms with Crippen LogP contribution in [0.4, 0.5) is 0 Å². The Hall–Kier alpha value is -2.55. The Morgan fingerprint density at radius 1 is 1.00 bits per heavy atom. The highest BCUT2D eigenvalue weighted by Crippen LogP contribution is 2.43. The molecule has 0 amide bonds. The molecule has 0 spiro atoms. The molecule has 2 aromatic carbocycles. The SMILES string of the molecule is COc1ccc(OC)c(C2=CC(=O)CCC2c2ccccc2)c1. The first kappa shape index (κ1) is 15.3. The van der Waals surface area contributed by atoms with Crippen molar-refractivity contribution in [1.82, 2.24) is 0 Å². The Balaban J connectivity index is 2.12. The van der Waals surface area contributed by atoms with Gasteiger partial charge >= 0.3 is 0 Å². The maximum atomic E-state index is 12.0. The average molecular weight is 308 g/mol. The minimum absolute atomic E-state index is 0.164. The van der Waals surface area contributed by atoms with Gasteiger partial charge in [-0.05, 0) is 41.8 Å². The van der Waals surface area contributed by atoms with E-state index in [0.717, 1.165) is 29.1 Å². The van der Waals surface area contributed by atoms with E-state index >= 15 is 0 Å². The summed E-state index contributed by atoms with van der Waals surface area (Å²) in [5, 5.41) is 0. The smallest absolute Gasteiger partial charge is 0.156 e. The van der Waals surface area contributed by atoms with Gasteiger partial charge in [-0.3, -0.25) is 4.79 Å². The third kappa shape index (κ3) is 3.14. The molecule has 0 aromatic heterocycles. The van der Waals surface area contributed by atoms with Crippen LogP contribution in [0, 0.1) is 0 Å². The number of allylic oxidation sites excluding steroid dienone is 2. The molecule has 1 atom stereocenters. The van der Waals surface area contributed by atoms with Crippen LogP contribution in [0.5, 0.6) is 11.5 Å². The summed E-state index contributed by atoms with van der Waals surface area (Å²) >= 11 is 0. The van der Waals surface area contributed by atoms with Crippen LogP contribution in [-0.2, 0) is 4.79 Å². The number of ketones is 1. The van der Waals surface area contributed by atoms with Gasteiger partial charge < -0.3 is 9.47 Å². The van der Waals surface area contributed by atoms with E-state index < -0.39 is 0 Å². The molecule has 118 valence electrons. The molecule has 0 radical (unpaired) electrons. The van der Waals surface area contributed by atoms with Crippen LogP contribution in [0.15, 0.2) is 54.6 Å². The monoisotopic (exact) mass is 308 g/mol. The molecular formula is C20H20O3. The molecule has 3 heteroatoms. The van der Waals surface area contributed by atoms with Crippen molar-refractivity contribution in [2.75, 3.05) is 14.2 Å². The largest absolute Gasteiger partial charge is 0.497 e. The quantitative estimate of drug-likeness (QED) is 0.847. The van der Waals surface area contributed by atoms with Crippen molar-refractivity contribution in [3.8, 4) is 11.5 Å². The lowest BCUT2D eigenvalue weighted by Gasteiger charge is -2.26. The molecule has 1 aliphatic carbocycles. The van der Waals surface area contributed by atoms with Gasteiger partial charge in [0, 0.05) is 17.9 Å². The second-order valence-electron chi connectivity index (χ2n) is 5.63. The van der Waals surface area contributed by atoms with Crippen molar-refractivity contribution in [3.63, 3.8) is 0 Å². The van der Waals surface area contributed by atoms with E-state index in [4.69, 9.17) is 9.47 Å². The topological polar surface area (TPSA) is 35.5 Å². The van der Waals surface area contributed by atoms with E-state index in [2.05, 4.69) is 12.1 Å². The van der Waals surface area contributed by atoms with E-state index in [-0.39, 0.29) is 11.7 Å². The van der Waals surface area contributed by atoms with E-state index in [1.165, 1.54) is 5.56 Å². The van der Waals surface area contributed by atoms with Crippen LogP contribution < -0.4 is 9.47 Å². The van der Waals surface area contributed by atoms with Gasteiger partial charge in [-0.2, -0.15) is 0 Å². The van der Waals surface area contributed by atoms with Gasteiger partial charge in [0.15, 0.2) is 5.78 Å². The summed E-state index contributed by atoms with van der Waals surface area (Å²) in [7, 11) is 3.29.